The van der Waals surface area contributed by atoms with Gasteiger partial charge >= 0.3 is 96.0 Å². The van der Waals surface area contributed by atoms with E-state index in [1.54, 1.807) is 0 Å². The van der Waals surface area contributed by atoms with Crippen LogP contribution in [0.5, 0.6) is 0 Å². The molecule has 3 N–H and O–H groups in total. The molecule has 0 aliphatic heterocycles. The Kier molecular flexibility index (Phi) is 16.8. The number of carboxylic acid groups (broad SMARTS) is 3. The molecule has 0 radical (unpaired) electrons. The third-order valence-corrected chi connectivity index (χ3v) is 10.1. The Morgan fingerprint density at radius 2 is 0.446 bits per heavy atom. The summed E-state index contributed by atoms with van der Waals surface area (Å²) in [5.41, 5.74) is -46.0. The smallest absolute Gasteiger partial charge is 0.450 e. The lowest BCUT2D eigenvalue weighted by atomic mass is 9.26. The van der Waals surface area contributed by atoms with E-state index in [0.29, 0.717) is 14.8 Å². The fourth-order valence-electron chi connectivity index (χ4n) is 6.92. The molecule has 4 aliphatic carbocycles. The zero-order valence-electron chi connectivity index (χ0n) is 32.4. The van der Waals surface area contributed by atoms with Gasteiger partial charge in [0, 0.05) is 0 Å². The van der Waals surface area contributed by atoms with Gasteiger partial charge in [-0.05, 0) is 13.6 Å². The van der Waals surface area contributed by atoms with E-state index >= 15 is 57.1 Å². The molecular weight excluding hydrogens is 1180 g/mol. The highest BCUT2D eigenvalue weighted by molar-refractivity contribution is 5.88. The molecule has 0 unspecified atom stereocenters. The second kappa shape index (κ2) is 18.0. The average molecular weight is 1190 g/mol. The molecule has 0 heterocycles. The van der Waals surface area contributed by atoms with E-state index in [9.17, 15) is 120 Å². The van der Waals surface area contributed by atoms with Gasteiger partial charge in [-0.3, -0.25) is 0 Å². The fraction of sp³-hybridized carbons (Fsp3) is 0.679. The quantitative estimate of drug-likeness (QED) is 0.129. The zero-order chi connectivity index (χ0) is 61.1. The summed E-state index contributed by atoms with van der Waals surface area (Å²) in [6.07, 6.45) is -40.8. The van der Waals surface area contributed by atoms with E-state index in [0.717, 1.165) is 0 Å². The minimum atomic E-state index is -10.3. The molecule has 4 rings (SSSR count). The molecule has 4 bridgehead atoms. The molecule has 0 aromatic rings. The van der Waals surface area contributed by atoms with Crippen LogP contribution < -0.4 is 0 Å². The average Bonchev–Trinajstić information content (AvgIpc) is 3.16. The van der Waals surface area contributed by atoms with Gasteiger partial charge in [0.2, 0.25) is 16.2 Å². The molecule has 0 spiro atoms. The summed E-state index contributed by atoms with van der Waals surface area (Å²) in [6, 6.07) is 0. The fourth-order valence-corrected chi connectivity index (χ4v) is 6.92. The molecule has 0 aromatic heterocycles. The monoisotopic (exact) mass is 1190 g/mol. The molecule has 4 saturated carbocycles. The summed E-state index contributed by atoms with van der Waals surface area (Å²) in [4.78, 5) is 30.6. The van der Waals surface area contributed by atoms with Crippen molar-refractivity contribution >= 4 is 17.9 Å². The van der Waals surface area contributed by atoms with Crippen molar-refractivity contribution in [1.29, 1.82) is 0 Å². The van der Waals surface area contributed by atoms with Gasteiger partial charge in [-0.2, -0.15) is 92.2 Å². The van der Waals surface area contributed by atoms with E-state index in [-0.39, 0.29) is 0 Å². The Labute approximate surface area is 375 Å². The van der Waals surface area contributed by atoms with Crippen LogP contribution in [-0.4, -0.2) is 129 Å². The van der Waals surface area contributed by atoms with Crippen LogP contribution in [0.25, 0.3) is 0 Å². The maximum absolute atomic E-state index is 15.7. The first kappa shape index (κ1) is 68.9. The summed E-state index contributed by atoms with van der Waals surface area (Å²) in [5.74, 6) is -96.1. The van der Waals surface area contributed by atoms with Gasteiger partial charge in [0.15, 0.2) is 0 Å². The molecule has 0 atom stereocenters. The Bertz CT molecular complexity index is 1960. The molecule has 46 heteroatoms. The van der Waals surface area contributed by atoms with Gasteiger partial charge in [0.25, 0.3) is 17.8 Å². The molecule has 434 valence electrons. The van der Waals surface area contributed by atoms with Crippen LogP contribution in [0.15, 0.2) is 36.5 Å². The lowest BCUT2D eigenvalue weighted by Gasteiger charge is -2.80. The maximum Gasteiger partial charge on any atom is 0.450 e. The number of halogens is 37. The maximum atomic E-state index is 15.7. The summed E-state index contributed by atoms with van der Waals surface area (Å²) < 4.78 is 511. The highest BCUT2D eigenvalue weighted by Crippen LogP contribution is 2.99. The van der Waals surface area contributed by atoms with E-state index in [4.69, 9.17) is 15.3 Å². The van der Waals surface area contributed by atoms with Gasteiger partial charge in [-0.25, -0.2) is 71.5 Å². The SMILES string of the molecule is C=C(C(=O)O)C(F)(F)F.C=C(C(=O)O)C(F)(F)F.C=C(C(=O)O)C(F)(F)F.FOC(F)(F)C(F)(F)C12C(F)(F)C3(F)C(F)(F)C(C(F)(F)C(F)(F)OF)(C1(F)F)C(F)(F)C(C(F)(F)C(F)(F)OF)(C3(F)F)C2(F)F. The zero-order valence-corrected chi connectivity index (χ0v) is 32.4. The van der Waals surface area contributed by atoms with E-state index in [2.05, 4.69) is 19.7 Å². The minimum Gasteiger partial charge on any atom is -0.478 e. The topological polar surface area (TPSA) is 140 Å². The van der Waals surface area contributed by atoms with E-state index in [1.165, 1.54) is 0 Å². The number of carboxylic acids is 3. The number of carbonyl (C=O) groups is 3. The molecule has 4 aliphatic rings. The Balaban J connectivity index is 0.00000159. The number of hydrogen-bond donors (Lipinski definition) is 3. The standard InChI is InChI=1S/C16F28O3.3C4H3F3O2/c17-4-8(24,25)1(11(30,31)14(36,37)45-42)5(18,19)2(9(4,26)27,12(32,33)15(38,39)46-43)7(22,23)3(6(1,20)21,10(4,28)29)13(34,35)16(40,41)47-44;3*1-2(3(8)9)4(5,6)7/h;3*1H2,(H,8,9). The molecular formula is C28H9F37O9. The van der Waals surface area contributed by atoms with Crippen LogP contribution in [0.4, 0.5) is 163 Å². The minimum absolute atomic E-state index is 0.666. The Morgan fingerprint density at radius 1 is 0.311 bits per heavy atom. The molecule has 0 aromatic carbocycles. The van der Waals surface area contributed by atoms with Crippen molar-refractivity contribution in [2.75, 3.05) is 0 Å². The molecule has 9 nitrogen and oxygen atoms in total. The van der Waals surface area contributed by atoms with Crippen LogP contribution in [0.2, 0.25) is 0 Å². The van der Waals surface area contributed by atoms with Crippen molar-refractivity contribution in [2.45, 2.75) is 95.8 Å². The largest absolute Gasteiger partial charge is 0.478 e. The van der Waals surface area contributed by atoms with Crippen LogP contribution in [0.1, 0.15) is 0 Å². The van der Waals surface area contributed by atoms with Crippen molar-refractivity contribution in [3.05, 3.63) is 36.5 Å². The van der Waals surface area contributed by atoms with Crippen LogP contribution in [0.3, 0.4) is 0 Å². The van der Waals surface area contributed by atoms with Gasteiger partial charge < -0.3 is 15.3 Å². The van der Waals surface area contributed by atoms with E-state index < -0.39 is 147 Å². The number of alkyl halides is 34. The first-order valence-corrected chi connectivity index (χ1v) is 15.8. The second-order valence-corrected chi connectivity index (χ2v) is 13.7. The third-order valence-electron chi connectivity index (χ3n) is 10.1. The molecule has 4 fully saturated rings. The van der Waals surface area contributed by atoms with E-state index in [1.807, 2.05) is 0 Å². The number of aliphatic carboxylic acids is 3. The van der Waals surface area contributed by atoms with Gasteiger partial charge in [0.1, 0.15) is 16.7 Å². The van der Waals surface area contributed by atoms with Gasteiger partial charge in [0.05, 0.1) is 0 Å². The summed E-state index contributed by atoms with van der Waals surface area (Å²) >= 11 is 0. The third kappa shape index (κ3) is 7.58. The van der Waals surface area contributed by atoms with Crippen molar-refractivity contribution in [1.82, 2.24) is 0 Å². The first-order valence-electron chi connectivity index (χ1n) is 15.8. The van der Waals surface area contributed by atoms with Crippen LogP contribution >= 0.6 is 0 Å². The first-order chi connectivity index (χ1) is 31.7. The molecule has 0 amide bonds. The molecule has 0 saturated heterocycles. The predicted molar refractivity (Wildman–Crippen MR) is 146 cm³/mol. The van der Waals surface area contributed by atoms with Gasteiger partial charge in [-0.15, -0.1) is 14.8 Å². The van der Waals surface area contributed by atoms with Crippen LogP contribution in [-0.2, 0) is 29.2 Å². The predicted octanol–water partition coefficient (Wildman–Crippen LogP) is 12.5. The summed E-state index contributed by atoms with van der Waals surface area (Å²) in [6.45, 7) is 6.90. The highest BCUT2D eigenvalue weighted by atomic mass is 19.4. The van der Waals surface area contributed by atoms with Crippen LogP contribution in [0, 0.1) is 16.2 Å². The summed E-state index contributed by atoms with van der Waals surface area (Å²) in [7, 11) is 0. The van der Waals surface area contributed by atoms with Gasteiger partial charge in [-0.1, -0.05) is 19.7 Å². The summed E-state index contributed by atoms with van der Waals surface area (Å²) in [5, 5.41) is 23.1. The second-order valence-electron chi connectivity index (χ2n) is 13.7. The van der Waals surface area contributed by atoms with Crippen molar-refractivity contribution < 1.29 is 207 Å². The van der Waals surface area contributed by atoms with Crippen molar-refractivity contribution in [2.24, 2.45) is 16.2 Å². The van der Waals surface area contributed by atoms with Crippen molar-refractivity contribution in [3.8, 4) is 0 Å². The Hall–Kier alpha value is -5.08. The number of hydrogen-bond acceptors (Lipinski definition) is 6. The number of rotatable bonds is 12. The lowest BCUT2D eigenvalue weighted by molar-refractivity contribution is -0.690. The Morgan fingerprint density at radius 3 is 0.527 bits per heavy atom. The lowest BCUT2D eigenvalue weighted by Crippen LogP contribution is -3.10. The normalized spacial score (nSPS) is 27.7. The molecule has 74 heavy (non-hydrogen) atoms. The van der Waals surface area contributed by atoms with Crippen molar-refractivity contribution in [3.63, 3.8) is 0 Å². The highest BCUT2D eigenvalue weighted by Gasteiger charge is 3.29.